The molecule has 0 radical (unpaired) electrons. The first-order valence-electron chi connectivity index (χ1n) is 6.00. The van der Waals surface area contributed by atoms with Crippen LogP contribution >= 0.6 is 0 Å². The highest BCUT2D eigenvalue weighted by Crippen LogP contribution is 2.34. The van der Waals surface area contributed by atoms with Crippen molar-refractivity contribution in [3.63, 3.8) is 0 Å². The van der Waals surface area contributed by atoms with Crippen LogP contribution < -0.4 is 14.8 Å². The normalized spacial score (nSPS) is 15.9. The molecule has 1 aliphatic rings. The molecule has 6 nitrogen and oxygen atoms in total. The summed E-state index contributed by atoms with van der Waals surface area (Å²) in [7, 11) is 1.33. The molecule has 0 spiro atoms. The summed E-state index contributed by atoms with van der Waals surface area (Å²) in [4.78, 5) is 11.2. The van der Waals surface area contributed by atoms with Crippen LogP contribution in [0.3, 0.4) is 0 Å². The monoisotopic (exact) mass is 267 g/mol. The molecule has 1 aromatic rings. The Bertz CT molecular complexity index is 462. The Morgan fingerprint density at radius 1 is 1.47 bits per heavy atom. The average molecular weight is 267 g/mol. The lowest BCUT2D eigenvalue weighted by atomic mass is 10.1. The Hall–Kier alpha value is -1.79. The van der Waals surface area contributed by atoms with Gasteiger partial charge in [-0.15, -0.1) is 0 Å². The Balaban J connectivity index is 1.93. The lowest BCUT2D eigenvalue weighted by Gasteiger charge is -2.16. The minimum Gasteiger partial charge on any atom is -0.468 e. The maximum atomic E-state index is 11.2. The quantitative estimate of drug-likeness (QED) is 0.761. The van der Waals surface area contributed by atoms with E-state index in [4.69, 9.17) is 9.47 Å². The summed E-state index contributed by atoms with van der Waals surface area (Å²) in [6.07, 6.45) is -0.735. The molecule has 0 aliphatic carbocycles. The molecule has 0 fully saturated rings. The van der Waals surface area contributed by atoms with Crippen molar-refractivity contribution in [2.45, 2.75) is 19.1 Å². The number of nitrogens with one attached hydrogen (secondary N) is 1. The van der Waals surface area contributed by atoms with E-state index >= 15 is 0 Å². The summed E-state index contributed by atoms with van der Waals surface area (Å²) >= 11 is 0. The van der Waals surface area contributed by atoms with E-state index in [1.54, 1.807) is 25.1 Å². The number of hydrogen-bond donors (Lipinski definition) is 2. The van der Waals surface area contributed by atoms with Crippen LogP contribution in [0, 0.1) is 0 Å². The van der Waals surface area contributed by atoms with Crippen molar-refractivity contribution in [1.82, 2.24) is 5.32 Å². The lowest BCUT2D eigenvalue weighted by Crippen LogP contribution is -2.37. The van der Waals surface area contributed by atoms with Gasteiger partial charge < -0.3 is 24.6 Å². The van der Waals surface area contributed by atoms with Crippen molar-refractivity contribution in [1.29, 1.82) is 0 Å². The predicted molar refractivity (Wildman–Crippen MR) is 67.0 cm³/mol. The second-order valence-corrected chi connectivity index (χ2v) is 4.28. The molecule has 6 heteroatoms. The summed E-state index contributed by atoms with van der Waals surface area (Å²) in [5.74, 6) is 0.933. The third kappa shape index (κ3) is 3.15. The van der Waals surface area contributed by atoms with Gasteiger partial charge in [0.2, 0.25) is 6.79 Å². The van der Waals surface area contributed by atoms with E-state index in [9.17, 15) is 9.90 Å². The molecule has 0 saturated carbocycles. The molecule has 0 bridgehead atoms. The van der Waals surface area contributed by atoms with Crippen LogP contribution in [-0.4, -0.2) is 37.6 Å². The van der Waals surface area contributed by atoms with Crippen molar-refractivity contribution in [3.8, 4) is 11.5 Å². The number of methoxy groups -OCH3 is 1. The molecule has 0 saturated heterocycles. The molecular weight excluding hydrogens is 250 g/mol. The van der Waals surface area contributed by atoms with Crippen molar-refractivity contribution < 1.29 is 24.1 Å². The van der Waals surface area contributed by atoms with Gasteiger partial charge in [-0.05, 0) is 24.6 Å². The molecule has 1 aromatic carbocycles. The summed E-state index contributed by atoms with van der Waals surface area (Å²) in [5, 5.41) is 12.9. The maximum Gasteiger partial charge on any atom is 0.322 e. The number of rotatable bonds is 5. The number of carbonyl (C=O) groups is 1. The predicted octanol–water partition coefficient (Wildman–Crippen LogP) is 0.600. The Labute approximate surface area is 111 Å². The van der Waals surface area contributed by atoms with Crippen molar-refractivity contribution in [2.24, 2.45) is 0 Å². The Morgan fingerprint density at radius 2 is 2.21 bits per heavy atom. The third-order valence-electron chi connectivity index (χ3n) is 2.95. The van der Waals surface area contributed by atoms with Crippen molar-refractivity contribution >= 4 is 5.97 Å². The van der Waals surface area contributed by atoms with Gasteiger partial charge in [0, 0.05) is 6.54 Å². The fourth-order valence-corrected chi connectivity index (χ4v) is 1.79. The first-order chi connectivity index (χ1) is 9.11. The number of ether oxygens (including phenoxy) is 3. The van der Waals surface area contributed by atoms with Crippen LogP contribution in [0.4, 0.5) is 0 Å². The zero-order chi connectivity index (χ0) is 13.8. The second-order valence-electron chi connectivity index (χ2n) is 4.28. The van der Waals surface area contributed by atoms with Crippen LogP contribution in [-0.2, 0) is 9.53 Å². The van der Waals surface area contributed by atoms with Gasteiger partial charge in [0.1, 0.15) is 6.04 Å². The number of aliphatic hydroxyl groups excluding tert-OH is 1. The van der Waals surface area contributed by atoms with Gasteiger partial charge in [-0.1, -0.05) is 6.07 Å². The zero-order valence-corrected chi connectivity index (χ0v) is 10.9. The summed E-state index contributed by atoms with van der Waals surface area (Å²) in [5.41, 5.74) is 0.703. The van der Waals surface area contributed by atoms with E-state index in [0.717, 1.165) is 0 Å². The molecule has 1 aliphatic heterocycles. The van der Waals surface area contributed by atoms with Gasteiger partial charge in [0.15, 0.2) is 11.5 Å². The minimum absolute atomic E-state index is 0.201. The number of hydrogen-bond acceptors (Lipinski definition) is 6. The molecule has 2 N–H and O–H groups in total. The number of fused-ring (bicyclic) bond motifs is 1. The van der Waals surface area contributed by atoms with Gasteiger partial charge in [0.05, 0.1) is 13.2 Å². The fourth-order valence-electron chi connectivity index (χ4n) is 1.79. The highest BCUT2D eigenvalue weighted by molar-refractivity contribution is 5.75. The topological polar surface area (TPSA) is 77.0 Å². The SMILES string of the molecule is COC(=O)C(C)NCC(O)c1ccc2c(c1)OCO2. The van der Waals surface area contributed by atoms with Gasteiger partial charge in [-0.3, -0.25) is 4.79 Å². The highest BCUT2D eigenvalue weighted by Gasteiger charge is 2.18. The molecule has 2 rings (SSSR count). The van der Waals surface area contributed by atoms with E-state index in [2.05, 4.69) is 10.1 Å². The standard InChI is InChI=1S/C13H17NO5/c1-8(13(16)17-2)14-6-10(15)9-3-4-11-12(5-9)19-7-18-11/h3-5,8,10,14-15H,6-7H2,1-2H3. The molecule has 0 aromatic heterocycles. The van der Waals surface area contributed by atoms with Gasteiger partial charge in [-0.25, -0.2) is 0 Å². The number of aliphatic hydroxyl groups is 1. The van der Waals surface area contributed by atoms with Gasteiger partial charge in [0.25, 0.3) is 0 Å². The summed E-state index contributed by atoms with van der Waals surface area (Å²) < 4.78 is 15.0. The molecule has 0 amide bonds. The molecule has 2 unspecified atom stereocenters. The highest BCUT2D eigenvalue weighted by atomic mass is 16.7. The molecular formula is C13H17NO5. The van der Waals surface area contributed by atoms with Crippen LogP contribution in [0.15, 0.2) is 18.2 Å². The summed E-state index contributed by atoms with van der Waals surface area (Å²) in [6, 6.07) is 4.79. The Kier molecular flexibility index (Phi) is 4.24. The number of benzene rings is 1. The fraction of sp³-hybridized carbons (Fsp3) is 0.462. The van der Waals surface area contributed by atoms with E-state index in [-0.39, 0.29) is 19.3 Å². The maximum absolute atomic E-state index is 11.2. The van der Waals surface area contributed by atoms with E-state index < -0.39 is 12.1 Å². The molecule has 2 atom stereocenters. The van der Waals surface area contributed by atoms with E-state index in [1.807, 2.05) is 0 Å². The first-order valence-corrected chi connectivity index (χ1v) is 6.00. The van der Waals surface area contributed by atoms with E-state index in [1.165, 1.54) is 7.11 Å². The van der Waals surface area contributed by atoms with Crippen LogP contribution in [0.1, 0.15) is 18.6 Å². The van der Waals surface area contributed by atoms with Crippen LogP contribution in [0.2, 0.25) is 0 Å². The molecule has 19 heavy (non-hydrogen) atoms. The van der Waals surface area contributed by atoms with Crippen LogP contribution in [0.5, 0.6) is 11.5 Å². The lowest BCUT2D eigenvalue weighted by molar-refractivity contribution is -0.142. The second kappa shape index (κ2) is 5.90. The summed E-state index contributed by atoms with van der Waals surface area (Å²) in [6.45, 7) is 2.13. The van der Waals surface area contributed by atoms with Crippen LogP contribution in [0.25, 0.3) is 0 Å². The number of carbonyl (C=O) groups excluding carboxylic acids is 1. The molecule has 104 valence electrons. The largest absolute Gasteiger partial charge is 0.468 e. The van der Waals surface area contributed by atoms with Gasteiger partial charge in [-0.2, -0.15) is 0 Å². The average Bonchev–Trinajstić information content (AvgIpc) is 2.90. The van der Waals surface area contributed by atoms with Crippen molar-refractivity contribution in [2.75, 3.05) is 20.4 Å². The smallest absolute Gasteiger partial charge is 0.322 e. The zero-order valence-electron chi connectivity index (χ0n) is 10.9. The first kappa shape index (κ1) is 13.6. The number of esters is 1. The van der Waals surface area contributed by atoms with Crippen molar-refractivity contribution in [3.05, 3.63) is 23.8 Å². The molecule has 1 heterocycles. The van der Waals surface area contributed by atoms with Gasteiger partial charge >= 0.3 is 5.97 Å². The third-order valence-corrected chi connectivity index (χ3v) is 2.95. The minimum atomic E-state index is -0.735. The van der Waals surface area contributed by atoms with E-state index in [0.29, 0.717) is 17.1 Å². The Morgan fingerprint density at radius 3 is 2.95 bits per heavy atom.